The molecule has 1 aromatic rings. The van der Waals surface area contributed by atoms with Gasteiger partial charge in [-0.25, -0.2) is 9.97 Å². The number of aliphatic hydroxyl groups excluding tert-OH is 1. The standard InChI is InChI=1S/C16H30N4O/c1-6-16(7-2,10-21)9-18-15-13(12(4)5)14(17-8-3)19-11-20-15/h11-12,21H,6-10H2,1-5H3,(H2,17,18,19,20). The van der Waals surface area contributed by atoms with Crippen molar-refractivity contribution in [2.75, 3.05) is 30.3 Å². The van der Waals surface area contributed by atoms with E-state index >= 15 is 0 Å². The average Bonchev–Trinajstić information content (AvgIpc) is 2.49. The first-order chi connectivity index (χ1) is 10.0. The second-order valence-electron chi connectivity index (χ2n) is 5.89. The summed E-state index contributed by atoms with van der Waals surface area (Å²) >= 11 is 0. The highest BCUT2D eigenvalue weighted by atomic mass is 16.3. The van der Waals surface area contributed by atoms with E-state index in [4.69, 9.17) is 0 Å². The van der Waals surface area contributed by atoms with Gasteiger partial charge in [-0.3, -0.25) is 0 Å². The van der Waals surface area contributed by atoms with Crippen LogP contribution in [0.4, 0.5) is 11.6 Å². The Morgan fingerprint density at radius 3 is 2.10 bits per heavy atom. The van der Waals surface area contributed by atoms with Crippen molar-refractivity contribution in [3.05, 3.63) is 11.9 Å². The van der Waals surface area contributed by atoms with Gasteiger partial charge in [0.15, 0.2) is 0 Å². The topological polar surface area (TPSA) is 70.1 Å². The normalized spacial score (nSPS) is 11.8. The van der Waals surface area contributed by atoms with Crippen molar-refractivity contribution in [3.8, 4) is 0 Å². The van der Waals surface area contributed by atoms with Crippen LogP contribution in [-0.2, 0) is 0 Å². The molecule has 0 unspecified atom stereocenters. The molecule has 5 heteroatoms. The first kappa shape index (κ1) is 17.7. The van der Waals surface area contributed by atoms with Crippen LogP contribution in [-0.4, -0.2) is 34.8 Å². The van der Waals surface area contributed by atoms with Crippen molar-refractivity contribution >= 4 is 11.6 Å². The second-order valence-corrected chi connectivity index (χ2v) is 5.89. The number of nitrogens with zero attached hydrogens (tertiary/aromatic N) is 2. The van der Waals surface area contributed by atoms with Crippen molar-refractivity contribution in [2.45, 2.75) is 53.4 Å². The fourth-order valence-corrected chi connectivity index (χ4v) is 2.44. The van der Waals surface area contributed by atoms with E-state index in [1.54, 1.807) is 6.33 Å². The summed E-state index contributed by atoms with van der Waals surface area (Å²) in [5.41, 5.74) is 1.02. The van der Waals surface area contributed by atoms with Crippen molar-refractivity contribution in [3.63, 3.8) is 0 Å². The Labute approximate surface area is 128 Å². The third kappa shape index (κ3) is 4.30. The SMILES string of the molecule is CCNc1ncnc(NCC(CC)(CC)CO)c1C(C)C. The molecule has 0 saturated heterocycles. The van der Waals surface area contributed by atoms with Crippen LogP contribution in [0.25, 0.3) is 0 Å². The van der Waals surface area contributed by atoms with Crippen molar-refractivity contribution < 1.29 is 5.11 Å². The molecule has 5 nitrogen and oxygen atoms in total. The van der Waals surface area contributed by atoms with Gasteiger partial charge in [0.25, 0.3) is 0 Å². The quantitative estimate of drug-likeness (QED) is 0.652. The first-order valence-electron chi connectivity index (χ1n) is 7.97. The molecule has 1 aromatic heterocycles. The third-order valence-corrected chi connectivity index (χ3v) is 4.27. The Morgan fingerprint density at radius 2 is 1.67 bits per heavy atom. The van der Waals surface area contributed by atoms with Gasteiger partial charge in [0.1, 0.15) is 18.0 Å². The Morgan fingerprint density at radius 1 is 1.10 bits per heavy atom. The Bertz CT molecular complexity index is 422. The summed E-state index contributed by atoms with van der Waals surface area (Å²) in [4.78, 5) is 8.75. The lowest BCUT2D eigenvalue weighted by molar-refractivity contribution is 0.127. The van der Waals surface area contributed by atoms with Crippen LogP contribution < -0.4 is 10.6 Å². The van der Waals surface area contributed by atoms with Gasteiger partial charge in [-0.2, -0.15) is 0 Å². The van der Waals surface area contributed by atoms with Gasteiger partial charge >= 0.3 is 0 Å². The molecule has 3 N–H and O–H groups in total. The van der Waals surface area contributed by atoms with Crippen molar-refractivity contribution in [1.82, 2.24) is 9.97 Å². The highest BCUT2D eigenvalue weighted by Crippen LogP contribution is 2.31. The number of hydrogen-bond donors (Lipinski definition) is 3. The maximum Gasteiger partial charge on any atom is 0.135 e. The molecular formula is C16H30N4O. The summed E-state index contributed by atoms with van der Waals surface area (Å²) in [6, 6.07) is 0. The number of nitrogens with one attached hydrogen (secondary N) is 2. The van der Waals surface area contributed by atoms with Crippen LogP contribution >= 0.6 is 0 Å². The molecule has 0 radical (unpaired) electrons. The van der Waals surface area contributed by atoms with Gasteiger partial charge in [-0.1, -0.05) is 27.7 Å². The molecule has 0 fully saturated rings. The number of aliphatic hydroxyl groups is 1. The van der Waals surface area contributed by atoms with Crippen LogP contribution in [0.5, 0.6) is 0 Å². The summed E-state index contributed by atoms with van der Waals surface area (Å²) in [5, 5.41) is 16.4. The molecule has 0 aliphatic heterocycles. The van der Waals surface area contributed by atoms with E-state index in [0.717, 1.165) is 43.1 Å². The van der Waals surface area contributed by atoms with E-state index in [1.807, 2.05) is 0 Å². The molecule has 0 aliphatic carbocycles. The lowest BCUT2D eigenvalue weighted by atomic mass is 9.83. The lowest BCUT2D eigenvalue weighted by Gasteiger charge is -2.30. The van der Waals surface area contributed by atoms with Crippen LogP contribution in [0, 0.1) is 5.41 Å². The molecule has 21 heavy (non-hydrogen) atoms. The van der Waals surface area contributed by atoms with E-state index in [9.17, 15) is 5.11 Å². The maximum atomic E-state index is 9.69. The lowest BCUT2D eigenvalue weighted by Crippen LogP contribution is -2.33. The monoisotopic (exact) mass is 294 g/mol. The molecule has 1 rings (SSSR count). The van der Waals surface area contributed by atoms with Gasteiger partial charge < -0.3 is 15.7 Å². The minimum atomic E-state index is -0.0858. The highest BCUT2D eigenvalue weighted by Gasteiger charge is 2.26. The summed E-state index contributed by atoms with van der Waals surface area (Å²) in [6.07, 6.45) is 3.47. The highest BCUT2D eigenvalue weighted by molar-refractivity contribution is 5.59. The maximum absolute atomic E-state index is 9.69. The fourth-order valence-electron chi connectivity index (χ4n) is 2.44. The minimum absolute atomic E-state index is 0.0858. The van der Waals surface area contributed by atoms with Crippen LogP contribution in [0.15, 0.2) is 6.33 Å². The number of aromatic nitrogens is 2. The zero-order valence-electron chi connectivity index (χ0n) is 14.0. The van der Waals surface area contributed by atoms with Gasteiger partial charge in [0.2, 0.25) is 0 Å². The summed E-state index contributed by atoms with van der Waals surface area (Å²) in [5.74, 6) is 2.10. The van der Waals surface area contributed by atoms with Gasteiger partial charge in [-0.15, -0.1) is 0 Å². The second kappa shape index (κ2) is 8.17. The van der Waals surface area contributed by atoms with E-state index in [2.05, 4.69) is 55.2 Å². The minimum Gasteiger partial charge on any atom is -0.396 e. The van der Waals surface area contributed by atoms with Crippen LogP contribution in [0.1, 0.15) is 58.9 Å². The number of rotatable bonds is 9. The molecule has 0 amide bonds. The Hall–Kier alpha value is -1.36. The zero-order valence-corrected chi connectivity index (χ0v) is 14.0. The molecule has 0 spiro atoms. The molecule has 0 bridgehead atoms. The Kier molecular flexibility index (Phi) is 6.89. The number of hydrogen-bond acceptors (Lipinski definition) is 5. The predicted molar refractivity (Wildman–Crippen MR) is 88.9 cm³/mol. The molecule has 1 heterocycles. The van der Waals surface area contributed by atoms with Crippen molar-refractivity contribution in [1.29, 1.82) is 0 Å². The molecule has 120 valence electrons. The Balaban J connectivity index is 3.00. The van der Waals surface area contributed by atoms with E-state index in [-0.39, 0.29) is 12.0 Å². The third-order valence-electron chi connectivity index (χ3n) is 4.27. The first-order valence-corrected chi connectivity index (χ1v) is 7.97. The van der Waals surface area contributed by atoms with Crippen LogP contribution in [0.3, 0.4) is 0 Å². The predicted octanol–water partition coefficient (Wildman–Crippen LogP) is 3.24. The molecule has 0 saturated carbocycles. The van der Waals surface area contributed by atoms with E-state index < -0.39 is 0 Å². The van der Waals surface area contributed by atoms with Gasteiger partial charge in [0, 0.05) is 24.1 Å². The molecule has 0 aromatic carbocycles. The zero-order chi connectivity index (χ0) is 15.9. The molecular weight excluding hydrogens is 264 g/mol. The number of anilines is 2. The van der Waals surface area contributed by atoms with Gasteiger partial charge in [-0.05, 0) is 25.7 Å². The summed E-state index contributed by atoms with van der Waals surface area (Å²) in [6.45, 7) is 12.3. The van der Waals surface area contributed by atoms with E-state index in [1.165, 1.54) is 0 Å². The fraction of sp³-hybridized carbons (Fsp3) is 0.750. The smallest absolute Gasteiger partial charge is 0.135 e. The largest absolute Gasteiger partial charge is 0.396 e. The van der Waals surface area contributed by atoms with Crippen molar-refractivity contribution in [2.24, 2.45) is 5.41 Å². The molecule has 0 aliphatic rings. The molecule has 0 atom stereocenters. The summed E-state index contributed by atoms with van der Waals surface area (Å²) < 4.78 is 0. The average molecular weight is 294 g/mol. The van der Waals surface area contributed by atoms with Gasteiger partial charge in [0.05, 0.1) is 6.61 Å². The van der Waals surface area contributed by atoms with Crippen LogP contribution in [0.2, 0.25) is 0 Å². The summed E-state index contributed by atoms with van der Waals surface area (Å²) in [7, 11) is 0. The van der Waals surface area contributed by atoms with E-state index in [0.29, 0.717) is 5.92 Å².